The summed E-state index contributed by atoms with van der Waals surface area (Å²) in [6.07, 6.45) is -3.02. The van der Waals surface area contributed by atoms with Crippen LogP contribution in [-0.4, -0.2) is 18.4 Å². The van der Waals surface area contributed by atoms with Crippen LogP contribution >= 0.6 is 0 Å². The predicted octanol–water partition coefficient (Wildman–Crippen LogP) is 3.16. The molecule has 0 radical (unpaired) electrons. The molecule has 1 aliphatic rings. The molecule has 0 aliphatic carbocycles. The Labute approximate surface area is 92.0 Å². The maximum Gasteiger partial charge on any atom is 0.433 e. The fraction of sp³-hybridized carbons (Fsp3) is 0.417. The van der Waals surface area contributed by atoms with Gasteiger partial charge in [-0.1, -0.05) is 19.1 Å². The molecule has 0 saturated heterocycles. The number of halogens is 3. The van der Waals surface area contributed by atoms with Crippen LogP contribution in [0, 0.1) is 0 Å². The van der Waals surface area contributed by atoms with Gasteiger partial charge < -0.3 is 0 Å². The normalized spacial score (nSPS) is 15.6. The van der Waals surface area contributed by atoms with Crippen LogP contribution in [0.3, 0.4) is 0 Å². The van der Waals surface area contributed by atoms with Crippen molar-refractivity contribution in [1.29, 1.82) is 0 Å². The molecular weight excluding hydrogens is 215 g/mol. The lowest BCUT2D eigenvalue weighted by Gasteiger charge is -2.19. The Morgan fingerprint density at radius 1 is 1.31 bits per heavy atom. The van der Waals surface area contributed by atoms with Crippen LogP contribution in [0.2, 0.25) is 0 Å². The summed E-state index contributed by atoms with van der Waals surface area (Å²) in [5.41, 5.74) is 1.21. The molecule has 1 aromatic carbocycles. The van der Waals surface area contributed by atoms with Crippen molar-refractivity contribution in [3.63, 3.8) is 0 Å². The quantitative estimate of drug-likeness (QED) is 0.698. The van der Waals surface area contributed by atoms with Crippen molar-refractivity contribution in [1.82, 2.24) is 0 Å². The van der Waals surface area contributed by atoms with Gasteiger partial charge in [0.15, 0.2) is 0 Å². The molecule has 0 fully saturated rings. The van der Waals surface area contributed by atoms with E-state index in [9.17, 15) is 13.2 Å². The first-order valence-corrected chi connectivity index (χ1v) is 5.26. The molecule has 2 rings (SSSR count). The lowest BCUT2D eigenvalue weighted by atomic mass is 9.94. The summed E-state index contributed by atoms with van der Waals surface area (Å²) in [6.45, 7) is 2.16. The summed E-state index contributed by atoms with van der Waals surface area (Å²) in [7, 11) is 0. The van der Waals surface area contributed by atoms with Crippen molar-refractivity contribution < 1.29 is 13.2 Å². The summed E-state index contributed by atoms with van der Waals surface area (Å²) in [4.78, 5) is 3.61. The van der Waals surface area contributed by atoms with Crippen LogP contribution in [0.25, 0.3) is 0 Å². The largest absolute Gasteiger partial charge is 0.433 e. The van der Waals surface area contributed by atoms with Crippen molar-refractivity contribution >= 4 is 5.71 Å². The Bertz CT molecular complexity index is 432. The molecule has 0 bridgehead atoms. The third-order valence-corrected chi connectivity index (χ3v) is 2.76. The molecule has 4 heteroatoms. The van der Waals surface area contributed by atoms with Gasteiger partial charge in [0.05, 0.1) is 0 Å². The molecule has 0 aromatic heterocycles. The minimum absolute atomic E-state index is 0.229. The number of aliphatic imine (C=N–C) groups is 1. The average Bonchev–Trinajstić information content (AvgIpc) is 2.26. The molecule has 0 spiro atoms. The van der Waals surface area contributed by atoms with E-state index < -0.39 is 11.9 Å². The van der Waals surface area contributed by atoms with Gasteiger partial charge in [0.2, 0.25) is 0 Å². The second kappa shape index (κ2) is 3.92. The highest BCUT2D eigenvalue weighted by atomic mass is 19.4. The molecular formula is C12H12F3N. The van der Waals surface area contributed by atoms with E-state index in [1.807, 2.05) is 13.0 Å². The van der Waals surface area contributed by atoms with Gasteiger partial charge in [-0.05, 0) is 30.0 Å². The van der Waals surface area contributed by atoms with Gasteiger partial charge in [-0.3, -0.25) is 4.99 Å². The van der Waals surface area contributed by atoms with Crippen molar-refractivity contribution in [2.75, 3.05) is 6.54 Å². The van der Waals surface area contributed by atoms with E-state index in [-0.39, 0.29) is 12.1 Å². The maximum absolute atomic E-state index is 12.7. The first-order valence-electron chi connectivity index (χ1n) is 5.26. The third kappa shape index (κ3) is 1.96. The van der Waals surface area contributed by atoms with Crippen LogP contribution in [0.15, 0.2) is 23.2 Å². The van der Waals surface area contributed by atoms with Gasteiger partial charge in [0.1, 0.15) is 5.71 Å². The van der Waals surface area contributed by atoms with Gasteiger partial charge in [-0.2, -0.15) is 13.2 Å². The van der Waals surface area contributed by atoms with Crippen LogP contribution in [0.1, 0.15) is 23.6 Å². The highest BCUT2D eigenvalue weighted by Crippen LogP contribution is 2.28. The molecule has 0 unspecified atom stereocenters. The first kappa shape index (κ1) is 11.2. The van der Waals surface area contributed by atoms with Gasteiger partial charge in [0.25, 0.3) is 0 Å². The van der Waals surface area contributed by atoms with E-state index in [2.05, 4.69) is 4.99 Å². The van der Waals surface area contributed by atoms with E-state index in [0.717, 1.165) is 17.5 Å². The van der Waals surface area contributed by atoms with Gasteiger partial charge in [0, 0.05) is 12.1 Å². The number of alkyl halides is 3. The monoisotopic (exact) mass is 227 g/mol. The molecule has 0 atom stereocenters. The smallest absolute Gasteiger partial charge is 0.280 e. The van der Waals surface area contributed by atoms with Crippen molar-refractivity contribution in [2.24, 2.45) is 4.99 Å². The fourth-order valence-corrected chi connectivity index (χ4v) is 1.90. The Kier molecular flexibility index (Phi) is 2.74. The standard InChI is InChI=1S/C12H12F3N/c1-2-8-3-4-9-5-6-16-11(10(9)7-8)12(13,14)15/h3-4,7H,2,5-6H2,1H3. The summed E-state index contributed by atoms with van der Waals surface area (Å²) < 4.78 is 38.2. The van der Waals surface area contributed by atoms with Crippen molar-refractivity contribution in [3.05, 3.63) is 34.9 Å². The Morgan fingerprint density at radius 2 is 2.06 bits per heavy atom. The maximum atomic E-state index is 12.7. The minimum Gasteiger partial charge on any atom is -0.280 e. The second-order valence-electron chi connectivity index (χ2n) is 3.82. The lowest BCUT2D eigenvalue weighted by molar-refractivity contribution is -0.0584. The number of nitrogens with zero attached hydrogens (tertiary/aromatic N) is 1. The van der Waals surface area contributed by atoms with Crippen molar-refractivity contribution in [2.45, 2.75) is 25.9 Å². The van der Waals surface area contributed by atoms with Gasteiger partial charge >= 0.3 is 6.18 Å². The number of fused-ring (bicyclic) bond motifs is 1. The van der Waals surface area contributed by atoms with E-state index in [1.54, 1.807) is 12.1 Å². The van der Waals surface area contributed by atoms with E-state index in [0.29, 0.717) is 6.42 Å². The predicted molar refractivity (Wildman–Crippen MR) is 57.0 cm³/mol. The minimum atomic E-state index is -4.35. The summed E-state index contributed by atoms with van der Waals surface area (Å²) >= 11 is 0. The third-order valence-electron chi connectivity index (χ3n) is 2.76. The topological polar surface area (TPSA) is 12.4 Å². The molecule has 1 heterocycles. The molecule has 0 N–H and O–H groups in total. The zero-order chi connectivity index (χ0) is 11.8. The number of hydrogen-bond donors (Lipinski definition) is 0. The summed E-state index contributed by atoms with van der Waals surface area (Å²) in [5.74, 6) is 0. The molecule has 0 amide bonds. The highest BCUT2D eigenvalue weighted by Gasteiger charge is 2.38. The molecule has 1 nitrogen and oxygen atoms in total. The van der Waals surface area contributed by atoms with Crippen LogP contribution in [-0.2, 0) is 12.8 Å². The van der Waals surface area contributed by atoms with Crippen LogP contribution < -0.4 is 0 Å². The van der Waals surface area contributed by atoms with Gasteiger partial charge in [-0.25, -0.2) is 0 Å². The summed E-state index contributed by atoms with van der Waals surface area (Å²) in [6, 6.07) is 5.29. The Balaban J connectivity index is 2.51. The van der Waals surface area contributed by atoms with Crippen LogP contribution in [0.5, 0.6) is 0 Å². The van der Waals surface area contributed by atoms with Crippen LogP contribution in [0.4, 0.5) is 13.2 Å². The summed E-state index contributed by atoms with van der Waals surface area (Å²) in [5, 5.41) is 0. The number of rotatable bonds is 1. The van der Waals surface area contributed by atoms with E-state index in [4.69, 9.17) is 0 Å². The second-order valence-corrected chi connectivity index (χ2v) is 3.82. The SMILES string of the molecule is CCc1ccc2c(c1)C(C(F)(F)F)=NCC2. The first-order chi connectivity index (χ1) is 7.52. The zero-order valence-corrected chi connectivity index (χ0v) is 8.93. The van der Waals surface area contributed by atoms with E-state index >= 15 is 0 Å². The number of aryl methyl sites for hydroxylation is 1. The molecule has 86 valence electrons. The van der Waals surface area contributed by atoms with Gasteiger partial charge in [-0.15, -0.1) is 0 Å². The number of hydrogen-bond acceptors (Lipinski definition) is 1. The number of benzene rings is 1. The fourth-order valence-electron chi connectivity index (χ4n) is 1.90. The molecule has 1 aromatic rings. The molecule has 0 saturated carbocycles. The van der Waals surface area contributed by atoms with E-state index in [1.165, 1.54) is 0 Å². The Hall–Kier alpha value is -1.32. The Morgan fingerprint density at radius 3 is 2.69 bits per heavy atom. The molecule has 1 aliphatic heterocycles. The average molecular weight is 227 g/mol. The molecule has 16 heavy (non-hydrogen) atoms. The van der Waals surface area contributed by atoms with Crippen molar-refractivity contribution in [3.8, 4) is 0 Å². The lowest BCUT2D eigenvalue weighted by Crippen LogP contribution is -2.28. The highest BCUT2D eigenvalue weighted by molar-refractivity contribution is 6.06. The zero-order valence-electron chi connectivity index (χ0n) is 8.93.